The van der Waals surface area contributed by atoms with Crippen LogP contribution in [0.4, 0.5) is 0 Å². The number of hydrogen-bond acceptors (Lipinski definition) is 5. The Morgan fingerprint density at radius 1 is 1.35 bits per heavy atom. The normalized spacial score (nSPS) is 12.1. The summed E-state index contributed by atoms with van der Waals surface area (Å²) in [6.45, 7) is 0.286. The molecule has 1 aromatic carbocycles. The van der Waals surface area contributed by atoms with E-state index in [0.29, 0.717) is 12.8 Å². The number of phenols is 1. The smallest absolute Gasteiger partial charge is 0.315 e. The van der Waals surface area contributed by atoms with Gasteiger partial charge < -0.3 is 14.9 Å². The molecule has 2 N–H and O–H groups in total. The summed E-state index contributed by atoms with van der Waals surface area (Å²) >= 11 is 3.78. The van der Waals surface area contributed by atoms with Crippen molar-refractivity contribution in [2.75, 3.05) is 12.4 Å². The summed E-state index contributed by atoms with van der Waals surface area (Å²) in [5, 5.41) is 18.9. The van der Waals surface area contributed by atoms with Crippen molar-refractivity contribution < 1.29 is 19.7 Å². The summed E-state index contributed by atoms with van der Waals surface area (Å²) in [6.07, 6.45) is 0.483. The Labute approximate surface area is 106 Å². The lowest BCUT2D eigenvalue weighted by Crippen LogP contribution is -2.08. The van der Waals surface area contributed by atoms with Gasteiger partial charge in [0.05, 0.1) is 18.5 Å². The van der Waals surface area contributed by atoms with E-state index in [2.05, 4.69) is 12.6 Å². The Bertz CT molecular complexity index is 350. The SMILES string of the molecule is O=C(CS)OCCC[C@@H](O)c1ccc(O)cc1. The van der Waals surface area contributed by atoms with Crippen molar-refractivity contribution in [3.05, 3.63) is 29.8 Å². The molecular weight excluding hydrogens is 240 g/mol. The van der Waals surface area contributed by atoms with Gasteiger partial charge in [0, 0.05) is 0 Å². The van der Waals surface area contributed by atoms with Crippen molar-refractivity contribution >= 4 is 18.6 Å². The highest BCUT2D eigenvalue weighted by Crippen LogP contribution is 2.20. The third-order valence-corrected chi connectivity index (χ3v) is 2.55. The molecule has 0 heterocycles. The minimum Gasteiger partial charge on any atom is -0.508 e. The molecule has 17 heavy (non-hydrogen) atoms. The molecule has 0 aliphatic rings. The number of thiol groups is 1. The van der Waals surface area contributed by atoms with Crippen LogP contribution < -0.4 is 0 Å². The zero-order valence-corrected chi connectivity index (χ0v) is 10.3. The number of carbonyl (C=O) groups excluding carboxylic acids is 1. The van der Waals surface area contributed by atoms with Gasteiger partial charge in [0.2, 0.25) is 0 Å². The third-order valence-electron chi connectivity index (χ3n) is 2.29. The van der Waals surface area contributed by atoms with E-state index in [0.717, 1.165) is 5.56 Å². The highest BCUT2D eigenvalue weighted by molar-refractivity contribution is 7.81. The lowest BCUT2D eigenvalue weighted by molar-refractivity contribution is -0.140. The minimum atomic E-state index is -0.606. The van der Waals surface area contributed by atoms with Gasteiger partial charge >= 0.3 is 5.97 Å². The maximum absolute atomic E-state index is 10.8. The fourth-order valence-corrected chi connectivity index (χ4v) is 1.46. The van der Waals surface area contributed by atoms with E-state index in [1.807, 2.05) is 0 Å². The number of carbonyl (C=O) groups is 1. The molecule has 0 unspecified atom stereocenters. The highest BCUT2D eigenvalue weighted by Gasteiger charge is 2.07. The second-order valence-corrected chi connectivity index (χ2v) is 3.94. The number of esters is 1. The highest BCUT2D eigenvalue weighted by atomic mass is 32.1. The summed E-state index contributed by atoms with van der Waals surface area (Å²) in [5.41, 5.74) is 0.739. The molecule has 0 bridgehead atoms. The molecule has 0 aliphatic heterocycles. The molecule has 4 nitrogen and oxygen atoms in total. The van der Waals surface area contributed by atoms with Crippen LogP contribution in [0.5, 0.6) is 5.75 Å². The zero-order valence-electron chi connectivity index (χ0n) is 9.37. The molecule has 1 atom stereocenters. The summed E-state index contributed by atoms with van der Waals surface area (Å²) < 4.78 is 4.83. The maximum atomic E-state index is 10.8. The van der Waals surface area contributed by atoms with Crippen LogP contribution in [0, 0.1) is 0 Å². The largest absolute Gasteiger partial charge is 0.508 e. The van der Waals surface area contributed by atoms with E-state index in [1.165, 1.54) is 12.1 Å². The van der Waals surface area contributed by atoms with E-state index in [1.54, 1.807) is 12.1 Å². The van der Waals surface area contributed by atoms with Crippen LogP contribution in [0.2, 0.25) is 0 Å². The lowest BCUT2D eigenvalue weighted by atomic mass is 10.1. The molecule has 0 radical (unpaired) electrons. The van der Waals surface area contributed by atoms with Crippen LogP contribution in [0.25, 0.3) is 0 Å². The summed E-state index contributed by atoms with van der Waals surface area (Å²) in [7, 11) is 0. The predicted octanol–water partition coefficient (Wildman–Crippen LogP) is 1.68. The van der Waals surface area contributed by atoms with E-state index >= 15 is 0 Å². The quantitative estimate of drug-likeness (QED) is 0.411. The Balaban J connectivity index is 2.27. The van der Waals surface area contributed by atoms with Crippen molar-refractivity contribution in [2.45, 2.75) is 18.9 Å². The molecule has 0 aliphatic carbocycles. The van der Waals surface area contributed by atoms with Crippen molar-refractivity contribution in [2.24, 2.45) is 0 Å². The molecule has 0 aromatic heterocycles. The Kier molecular flexibility index (Phi) is 5.86. The van der Waals surface area contributed by atoms with Crippen LogP contribution in [0.1, 0.15) is 24.5 Å². The number of ether oxygens (including phenoxy) is 1. The van der Waals surface area contributed by atoms with Crippen LogP contribution >= 0.6 is 12.6 Å². The molecule has 0 saturated heterocycles. The molecule has 1 rings (SSSR count). The molecule has 0 spiro atoms. The first-order chi connectivity index (χ1) is 8.13. The fraction of sp³-hybridized carbons (Fsp3) is 0.417. The second kappa shape index (κ2) is 7.19. The van der Waals surface area contributed by atoms with Crippen LogP contribution in [0.3, 0.4) is 0 Å². The Morgan fingerprint density at radius 2 is 2.00 bits per heavy atom. The molecule has 94 valence electrons. The number of hydrogen-bond donors (Lipinski definition) is 3. The van der Waals surface area contributed by atoms with Gasteiger partial charge in [0.1, 0.15) is 5.75 Å². The molecule has 0 fully saturated rings. The first-order valence-corrected chi connectivity index (χ1v) is 6.00. The van der Waals surface area contributed by atoms with E-state index < -0.39 is 6.10 Å². The Morgan fingerprint density at radius 3 is 2.59 bits per heavy atom. The van der Waals surface area contributed by atoms with Gasteiger partial charge in [0.25, 0.3) is 0 Å². The van der Waals surface area contributed by atoms with Crippen molar-refractivity contribution in [1.29, 1.82) is 0 Å². The van der Waals surface area contributed by atoms with Gasteiger partial charge in [0.15, 0.2) is 0 Å². The van der Waals surface area contributed by atoms with Gasteiger partial charge in [-0.25, -0.2) is 0 Å². The molecular formula is C12H16O4S. The lowest BCUT2D eigenvalue weighted by Gasteiger charge is -2.10. The molecule has 1 aromatic rings. The molecule has 5 heteroatoms. The van der Waals surface area contributed by atoms with E-state index in [4.69, 9.17) is 9.84 Å². The van der Waals surface area contributed by atoms with Crippen LogP contribution in [0.15, 0.2) is 24.3 Å². The van der Waals surface area contributed by atoms with Gasteiger partial charge in [-0.05, 0) is 30.5 Å². The number of benzene rings is 1. The average molecular weight is 256 g/mol. The number of aliphatic hydroxyl groups excluding tert-OH is 1. The first-order valence-electron chi connectivity index (χ1n) is 5.37. The number of rotatable bonds is 6. The molecule has 0 saturated carbocycles. The maximum Gasteiger partial charge on any atom is 0.315 e. The zero-order chi connectivity index (χ0) is 12.7. The number of aliphatic hydroxyl groups is 1. The van der Waals surface area contributed by atoms with Gasteiger partial charge in [-0.1, -0.05) is 12.1 Å². The van der Waals surface area contributed by atoms with Crippen molar-refractivity contribution in [3.63, 3.8) is 0 Å². The van der Waals surface area contributed by atoms with E-state index in [-0.39, 0.29) is 24.1 Å². The minimum absolute atomic E-state index is 0.0700. The van der Waals surface area contributed by atoms with Crippen LogP contribution in [-0.2, 0) is 9.53 Å². The Hall–Kier alpha value is -1.20. The summed E-state index contributed by atoms with van der Waals surface area (Å²) in [4.78, 5) is 10.8. The van der Waals surface area contributed by atoms with Crippen molar-refractivity contribution in [1.82, 2.24) is 0 Å². The predicted molar refractivity (Wildman–Crippen MR) is 67.1 cm³/mol. The monoisotopic (exact) mass is 256 g/mol. The van der Waals surface area contributed by atoms with Gasteiger partial charge in [-0.3, -0.25) is 4.79 Å². The van der Waals surface area contributed by atoms with Crippen molar-refractivity contribution in [3.8, 4) is 5.75 Å². The second-order valence-electron chi connectivity index (χ2n) is 3.63. The van der Waals surface area contributed by atoms with Gasteiger partial charge in [-0.2, -0.15) is 12.6 Å². The number of aromatic hydroxyl groups is 1. The topological polar surface area (TPSA) is 66.8 Å². The summed E-state index contributed by atoms with van der Waals surface area (Å²) in [5.74, 6) is -0.114. The van der Waals surface area contributed by atoms with Gasteiger partial charge in [-0.15, -0.1) is 0 Å². The summed E-state index contributed by atoms with van der Waals surface area (Å²) in [6, 6.07) is 6.39. The first kappa shape index (κ1) is 13.9. The number of phenolic OH excluding ortho intramolecular Hbond substituents is 1. The standard InChI is InChI=1S/C12H16O4S/c13-10-5-3-9(4-6-10)11(14)2-1-7-16-12(15)8-17/h3-6,11,13-14,17H,1-2,7-8H2/t11-/m1/s1. The van der Waals surface area contributed by atoms with E-state index in [9.17, 15) is 9.90 Å². The van der Waals surface area contributed by atoms with Crippen LogP contribution in [-0.4, -0.2) is 28.5 Å². The molecule has 0 amide bonds. The third kappa shape index (κ3) is 5.10. The fourth-order valence-electron chi connectivity index (χ4n) is 1.37. The average Bonchev–Trinajstić information content (AvgIpc) is 2.34.